The molecule has 1 fully saturated rings. The van der Waals surface area contributed by atoms with Crippen molar-refractivity contribution >= 4 is 10.0 Å². The van der Waals surface area contributed by atoms with Gasteiger partial charge in [0.05, 0.1) is 4.90 Å². The molecule has 1 aromatic carbocycles. The van der Waals surface area contributed by atoms with Crippen molar-refractivity contribution in [3.05, 3.63) is 29.8 Å². The highest BCUT2D eigenvalue weighted by atomic mass is 32.2. The molecule has 1 aromatic rings. The van der Waals surface area contributed by atoms with E-state index in [1.807, 2.05) is 19.1 Å². The maximum atomic E-state index is 12.3. The summed E-state index contributed by atoms with van der Waals surface area (Å²) in [5.41, 5.74) is 6.79. The Bertz CT molecular complexity index is 511. The molecule has 0 radical (unpaired) electrons. The zero-order valence-electron chi connectivity index (χ0n) is 11.3. The first kappa shape index (κ1) is 14.5. The van der Waals surface area contributed by atoms with E-state index < -0.39 is 10.0 Å². The lowest BCUT2D eigenvalue weighted by Gasteiger charge is -2.31. The van der Waals surface area contributed by atoms with Crippen LogP contribution >= 0.6 is 0 Å². The molecule has 106 valence electrons. The van der Waals surface area contributed by atoms with Crippen LogP contribution in [0.3, 0.4) is 0 Å². The standard InChI is InChI=1S/C14H22N2O2S/c1-11-6-8-13(9-7-11)19(17,18)16-14-5-3-2-4-12(14)10-15/h6-9,12,14,16H,2-5,10,15H2,1H3. The normalized spacial score (nSPS) is 24.3. The molecule has 19 heavy (non-hydrogen) atoms. The maximum Gasteiger partial charge on any atom is 0.240 e. The largest absolute Gasteiger partial charge is 0.330 e. The second kappa shape index (κ2) is 6.03. The predicted octanol–water partition coefficient (Wildman–Crippen LogP) is 1.79. The summed E-state index contributed by atoms with van der Waals surface area (Å²) in [6.07, 6.45) is 4.10. The first-order valence-electron chi connectivity index (χ1n) is 6.82. The van der Waals surface area contributed by atoms with Crippen molar-refractivity contribution in [1.29, 1.82) is 0 Å². The number of hydrogen-bond donors (Lipinski definition) is 2. The second-order valence-corrected chi connectivity index (χ2v) is 7.04. The van der Waals surface area contributed by atoms with E-state index in [-0.39, 0.29) is 12.0 Å². The van der Waals surface area contributed by atoms with Gasteiger partial charge in [-0.25, -0.2) is 13.1 Å². The highest BCUT2D eigenvalue weighted by Crippen LogP contribution is 2.25. The van der Waals surface area contributed by atoms with Gasteiger partial charge in [-0.15, -0.1) is 0 Å². The summed E-state index contributed by atoms with van der Waals surface area (Å²) in [5.74, 6) is 0.258. The number of aryl methyl sites for hydroxylation is 1. The molecule has 0 saturated heterocycles. The van der Waals surface area contributed by atoms with Gasteiger partial charge in [-0.2, -0.15) is 0 Å². The van der Waals surface area contributed by atoms with Crippen LogP contribution in [0.5, 0.6) is 0 Å². The number of benzene rings is 1. The quantitative estimate of drug-likeness (QED) is 0.884. The van der Waals surface area contributed by atoms with Crippen molar-refractivity contribution in [2.24, 2.45) is 11.7 Å². The number of sulfonamides is 1. The Morgan fingerprint density at radius 1 is 1.21 bits per heavy atom. The van der Waals surface area contributed by atoms with Crippen molar-refractivity contribution in [1.82, 2.24) is 4.72 Å². The summed E-state index contributed by atoms with van der Waals surface area (Å²) in [6.45, 7) is 2.48. The first-order chi connectivity index (χ1) is 9.03. The molecule has 4 nitrogen and oxygen atoms in total. The molecule has 1 aliphatic rings. The van der Waals surface area contributed by atoms with E-state index in [9.17, 15) is 8.42 Å². The van der Waals surface area contributed by atoms with E-state index in [1.54, 1.807) is 12.1 Å². The summed E-state index contributed by atoms with van der Waals surface area (Å²) in [5, 5.41) is 0. The average molecular weight is 282 g/mol. The molecule has 0 spiro atoms. The fourth-order valence-corrected chi connectivity index (χ4v) is 3.97. The third-order valence-corrected chi connectivity index (χ3v) is 5.36. The lowest BCUT2D eigenvalue weighted by atomic mass is 9.85. The highest BCUT2D eigenvalue weighted by Gasteiger charge is 2.28. The SMILES string of the molecule is Cc1ccc(S(=O)(=O)NC2CCCCC2CN)cc1. The Hall–Kier alpha value is -0.910. The molecule has 0 aliphatic heterocycles. The monoisotopic (exact) mass is 282 g/mol. The molecular formula is C14H22N2O2S. The van der Waals surface area contributed by atoms with Crippen LogP contribution < -0.4 is 10.5 Å². The first-order valence-corrected chi connectivity index (χ1v) is 8.30. The summed E-state index contributed by atoms with van der Waals surface area (Å²) in [7, 11) is -3.43. The minimum atomic E-state index is -3.43. The lowest BCUT2D eigenvalue weighted by molar-refractivity contribution is 0.296. The van der Waals surface area contributed by atoms with Gasteiger partial charge in [-0.3, -0.25) is 0 Å². The summed E-state index contributed by atoms with van der Waals surface area (Å²) in [6, 6.07) is 6.91. The van der Waals surface area contributed by atoms with E-state index in [1.165, 1.54) is 0 Å². The maximum absolute atomic E-state index is 12.3. The Balaban J connectivity index is 2.14. The van der Waals surface area contributed by atoms with Crippen molar-refractivity contribution < 1.29 is 8.42 Å². The third-order valence-electron chi connectivity index (χ3n) is 3.85. The third kappa shape index (κ3) is 3.55. The fourth-order valence-electron chi connectivity index (χ4n) is 2.63. The predicted molar refractivity (Wildman–Crippen MR) is 76.3 cm³/mol. The lowest BCUT2D eigenvalue weighted by Crippen LogP contribution is -2.44. The van der Waals surface area contributed by atoms with E-state index in [2.05, 4.69) is 4.72 Å². The summed E-state index contributed by atoms with van der Waals surface area (Å²) >= 11 is 0. The zero-order chi connectivity index (χ0) is 13.9. The van der Waals surface area contributed by atoms with Gasteiger partial charge >= 0.3 is 0 Å². The molecule has 1 saturated carbocycles. The fraction of sp³-hybridized carbons (Fsp3) is 0.571. The van der Waals surface area contributed by atoms with E-state index in [0.717, 1.165) is 31.2 Å². The van der Waals surface area contributed by atoms with Crippen LogP contribution in [0.25, 0.3) is 0 Å². The van der Waals surface area contributed by atoms with Crippen molar-refractivity contribution in [2.45, 2.75) is 43.5 Å². The Morgan fingerprint density at radius 3 is 2.47 bits per heavy atom. The van der Waals surface area contributed by atoms with E-state index >= 15 is 0 Å². The van der Waals surface area contributed by atoms with Gasteiger partial charge in [-0.1, -0.05) is 30.5 Å². The molecular weight excluding hydrogens is 260 g/mol. The van der Waals surface area contributed by atoms with Crippen LogP contribution in [-0.4, -0.2) is 21.0 Å². The Morgan fingerprint density at radius 2 is 1.84 bits per heavy atom. The van der Waals surface area contributed by atoms with E-state index in [0.29, 0.717) is 11.4 Å². The molecule has 2 atom stereocenters. The smallest absolute Gasteiger partial charge is 0.240 e. The minimum Gasteiger partial charge on any atom is -0.330 e. The van der Waals surface area contributed by atoms with Crippen molar-refractivity contribution in [2.75, 3.05) is 6.54 Å². The Kier molecular flexibility index (Phi) is 4.60. The van der Waals surface area contributed by atoms with Gasteiger partial charge < -0.3 is 5.73 Å². The van der Waals surface area contributed by atoms with Crippen molar-refractivity contribution in [3.63, 3.8) is 0 Å². The molecule has 0 aromatic heterocycles. The van der Waals surface area contributed by atoms with Crippen LogP contribution in [0.15, 0.2) is 29.2 Å². The van der Waals surface area contributed by atoms with Crippen LogP contribution in [0.4, 0.5) is 0 Å². The van der Waals surface area contributed by atoms with Crippen LogP contribution in [0.1, 0.15) is 31.2 Å². The van der Waals surface area contributed by atoms with E-state index in [4.69, 9.17) is 5.73 Å². The van der Waals surface area contributed by atoms with Gasteiger partial charge in [0, 0.05) is 6.04 Å². The number of nitrogens with two attached hydrogens (primary N) is 1. The van der Waals surface area contributed by atoms with Gasteiger partial charge in [0.2, 0.25) is 10.0 Å². The summed E-state index contributed by atoms with van der Waals surface area (Å²) in [4.78, 5) is 0.333. The van der Waals surface area contributed by atoms with Gasteiger partial charge in [0.25, 0.3) is 0 Å². The molecule has 2 rings (SSSR count). The number of rotatable bonds is 4. The molecule has 3 N–H and O–H groups in total. The van der Waals surface area contributed by atoms with Gasteiger partial charge in [-0.05, 0) is 44.4 Å². The zero-order valence-corrected chi connectivity index (χ0v) is 12.1. The molecule has 0 amide bonds. The van der Waals surface area contributed by atoms with Crippen LogP contribution in [-0.2, 0) is 10.0 Å². The van der Waals surface area contributed by atoms with Gasteiger partial charge in [0.15, 0.2) is 0 Å². The molecule has 1 aliphatic carbocycles. The van der Waals surface area contributed by atoms with Gasteiger partial charge in [0.1, 0.15) is 0 Å². The molecule has 0 bridgehead atoms. The average Bonchev–Trinajstić information content (AvgIpc) is 2.39. The van der Waals surface area contributed by atoms with Crippen molar-refractivity contribution in [3.8, 4) is 0 Å². The number of nitrogens with one attached hydrogen (secondary N) is 1. The molecule has 2 unspecified atom stereocenters. The second-order valence-electron chi connectivity index (χ2n) is 5.32. The molecule has 5 heteroatoms. The topological polar surface area (TPSA) is 72.2 Å². The van der Waals surface area contributed by atoms with Crippen LogP contribution in [0, 0.1) is 12.8 Å². The number of hydrogen-bond acceptors (Lipinski definition) is 3. The minimum absolute atomic E-state index is 0.0231. The highest BCUT2D eigenvalue weighted by molar-refractivity contribution is 7.89. The Labute approximate surface area is 115 Å². The summed E-state index contributed by atoms with van der Waals surface area (Å²) < 4.78 is 27.5. The van der Waals surface area contributed by atoms with Crippen LogP contribution in [0.2, 0.25) is 0 Å². The molecule has 0 heterocycles.